The van der Waals surface area contributed by atoms with E-state index >= 15 is 0 Å². The Bertz CT molecular complexity index is 299. The Hall–Kier alpha value is 0.910. The molecule has 2 heteroatoms. The zero-order valence-electron chi connectivity index (χ0n) is 20.4. The SMILES string of the molecule is CCCCCCCCCCCP(Br)(CCCCC)(CCCCC)CCCCC. The molecular formula is C26H56BrP. The number of hydrogen-bond acceptors (Lipinski definition) is 0. The van der Waals surface area contributed by atoms with E-state index in [1.165, 1.54) is 134 Å². The van der Waals surface area contributed by atoms with Crippen molar-refractivity contribution in [2.75, 3.05) is 24.6 Å². The maximum atomic E-state index is 4.63. The maximum absolute atomic E-state index is 4.63. The summed E-state index contributed by atoms with van der Waals surface area (Å²) in [6, 6.07) is 0. The summed E-state index contributed by atoms with van der Waals surface area (Å²) in [6.45, 7) is 9.39. The second-order valence-electron chi connectivity index (χ2n) is 9.66. The minimum atomic E-state index is -1.67. The van der Waals surface area contributed by atoms with Gasteiger partial charge in [-0.25, -0.2) is 0 Å². The monoisotopic (exact) mass is 478 g/mol. The second kappa shape index (κ2) is 18.7. The van der Waals surface area contributed by atoms with E-state index in [0.717, 1.165) is 0 Å². The van der Waals surface area contributed by atoms with Crippen LogP contribution in [0.25, 0.3) is 0 Å². The number of hydrogen-bond donors (Lipinski definition) is 0. The number of rotatable bonds is 22. The fraction of sp³-hybridized carbons (Fsp3) is 1.00. The van der Waals surface area contributed by atoms with Crippen LogP contribution in [0.1, 0.15) is 143 Å². The number of halogens is 1. The van der Waals surface area contributed by atoms with Crippen LogP contribution in [-0.2, 0) is 0 Å². The number of unbranched alkanes of at least 4 members (excludes halogenated alkanes) is 14. The quantitative estimate of drug-likeness (QED) is 0.107. The zero-order chi connectivity index (χ0) is 21.0. The van der Waals surface area contributed by atoms with Crippen molar-refractivity contribution in [1.82, 2.24) is 0 Å². The van der Waals surface area contributed by atoms with Gasteiger partial charge in [-0.3, -0.25) is 0 Å². The van der Waals surface area contributed by atoms with E-state index in [4.69, 9.17) is 0 Å². The summed E-state index contributed by atoms with van der Waals surface area (Å²) in [5.74, 6) is 0. The van der Waals surface area contributed by atoms with Gasteiger partial charge >= 0.3 is 189 Å². The van der Waals surface area contributed by atoms with Crippen LogP contribution in [0, 0.1) is 0 Å². The molecule has 0 atom stereocenters. The first-order valence-corrected chi connectivity index (χ1v) is 18.3. The van der Waals surface area contributed by atoms with Crippen molar-refractivity contribution in [3.05, 3.63) is 0 Å². The van der Waals surface area contributed by atoms with E-state index in [0.29, 0.717) is 0 Å². The van der Waals surface area contributed by atoms with Gasteiger partial charge in [0.05, 0.1) is 0 Å². The topological polar surface area (TPSA) is 0 Å². The second-order valence-corrected chi connectivity index (χ2v) is 21.1. The van der Waals surface area contributed by atoms with E-state index in [-0.39, 0.29) is 0 Å². The van der Waals surface area contributed by atoms with Gasteiger partial charge in [-0.15, -0.1) is 0 Å². The van der Waals surface area contributed by atoms with E-state index in [1.54, 1.807) is 6.16 Å². The van der Waals surface area contributed by atoms with Crippen LogP contribution >= 0.6 is 20.8 Å². The van der Waals surface area contributed by atoms with Crippen LogP contribution in [0.4, 0.5) is 0 Å². The first kappa shape index (κ1) is 28.9. The summed E-state index contributed by atoms with van der Waals surface area (Å²) in [5.41, 5.74) is 0. The van der Waals surface area contributed by atoms with Gasteiger partial charge < -0.3 is 0 Å². The normalized spacial score (nSPS) is 13.5. The molecule has 0 rings (SSSR count). The van der Waals surface area contributed by atoms with Crippen LogP contribution in [0.2, 0.25) is 0 Å². The summed E-state index contributed by atoms with van der Waals surface area (Å²) in [7, 11) is 0. The average molecular weight is 480 g/mol. The predicted molar refractivity (Wildman–Crippen MR) is 141 cm³/mol. The molecule has 0 aliphatic heterocycles. The molecule has 0 aromatic rings. The Balaban J connectivity index is 4.59. The first-order valence-electron chi connectivity index (χ1n) is 13.3. The van der Waals surface area contributed by atoms with Crippen LogP contribution in [0.15, 0.2) is 0 Å². The summed E-state index contributed by atoms with van der Waals surface area (Å²) in [5, 5.41) is -1.67. The van der Waals surface area contributed by atoms with Crippen LogP contribution < -0.4 is 0 Å². The molecule has 0 aliphatic carbocycles. The van der Waals surface area contributed by atoms with E-state index in [1.807, 2.05) is 0 Å². The standard InChI is InChI=1S/C26H56BrP/c1-5-9-13-14-15-16-17-18-22-26-28(27,23-19-10-6-2,24-20-11-7-3)25-21-12-8-4/h5-26H2,1-4H3. The Kier molecular flexibility index (Phi) is 19.3. The Morgan fingerprint density at radius 2 is 0.571 bits per heavy atom. The first-order chi connectivity index (χ1) is 13.5. The van der Waals surface area contributed by atoms with E-state index < -0.39 is 5.31 Å². The van der Waals surface area contributed by atoms with Gasteiger partial charge in [-0.05, 0) is 0 Å². The zero-order valence-corrected chi connectivity index (χ0v) is 22.9. The summed E-state index contributed by atoms with van der Waals surface area (Å²) in [4.78, 5) is 0. The summed E-state index contributed by atoms with van der Waals surface area (Å²) >= 11 is 4.63. The van der Waals surface area contributed by atoms with Crippen molar-refractivity contribution >= 4 is 20.8 Å². The van der Waals surface area contributed by atoms with Gasteiger partial charge in [0.2, 0.25) is 0 Å². The minimum absolute atomic E-state index is 1.36. The van der Waals surface area contributed by atoms with Crippen molar-refractivity contribution in [2.24, 2.45) is 0 Å². The van der Waals surface area contributed by atoms with Crippen molar-refractivity contribution < 1.29 is 0 Å². The third-order valence-electron chi connectivity index (χ3n) is 6.78. The predicted octanol–water partition coefficient (Wildman–Crippen LogP) is 11.0. The fourth-order valence-corrected chi connectivity index (χ4v) is 13.2. The molecule has 0 saturated heterocycles. The van der Waals surface area contributed by atoms with Crippen LogP contribution in [-0.4, -0.2) is 24.6 Å². The molecule has 0 aromatic carbocycles. The molecule has 0 aliphatic rings. The van der Waals surface area contributed by atoms with Crippen LogP contribution in [0.3, 0.4) is 0 Å². The van der Waals surface area contributed by atoms with Gasteiger partial charge in [0.15, 0.2) is 0 Å². The molecule has 0 bridgehead atoms. The van der Waals surface area contributed by atoms with E-state index in [2.05, 4.69) is 43.2 Å². The van der Waals surface area contributed by atoms with Gasteiger partial charge in [-0.2, -0.15) is 0 Å². The molecule has 28 heavy (non-hydrogen) atoms. The van der Waals surface area contributed by atoms with Crippen molar-refractivity contribution in [3.8, 4) is 0 Å². The van der Waals surface area contributed by atoms with E-state index in [9.17, 15) is 0 Å². The third kappa shape index (κ3) is 14.8. The molecule has 0 aromatic heterocycles. The Labute approximate surface area is 188 Å². The molecule has 0 amide bonds. The van der Waals surface area contributed by atoms with Gasteiger partial charge in [0.25, 0.3) is 0 Å². The molecular weight excluding hydrogens is 423 g/mol. The Morgan fingerprint density at radius 1 is 0.357 bits per heavy atom. The molecule has 0 fully saturated rings. The molecule has 0 saturated carbocycles. The fourth-order valence-electron chi connectivity index (χ4n) is 4.76. The van der Waals surface area contributed by atoms with Crippen molar-refractivity contribution in [3.63, 3.8) is 0 Å². The van der Waals surface area contributed by atoms with Gasteiger partial charge in [0, 0.05) is 0 Å². The summed E-state index contributed by atoms with van der Waals surface area (Å²) < 4.78 is 0. The van der Waals surface area contributed by atoms with Gasteiger partial charge in [-0.1, -0.05) is 0 Å². The molecule has 172 valence electrons. The molecule has 0 heterocycles. The molecule has 0 N–H and O–H groups in total. The van der Waals surface area contributed by atoms with Crippen LogP contribution in [0.5, 0.6) is 0 Å². The molecule has 0 nitrogen and oxygen atoms in total. The van der Waals surface area contributed by atoms with Gasteiger partial charge in [0.1, 0.15) is 0 Å². The Morgan fingerprint density at radius 3 is 0.893 bits per heavy atom. The molecule has 0 spiro atoms. The average Bonchev–Trinajstić information content (AvgIpc) is 2.68. The van der Waals surface area contributed by atoms with Crippen molar-refractivity contribution in [2.45, 2.75) is 143 Å². The molecule has 0 unspecified atom stereocenters. The summed E-state index contributed by atoms with van der Waals surface area (Å²) in [6.07, 6.45) is 32.1. The van der Waals surface area contributed by atoms with Crippen molar-refractivity contribution in [1.29, 1.82) is 0 Å². The third-order valence-corrected chi connectivity index (χ3v) is 16.8. The molecule has 0 radical (unpaired) electrons.